The second kappa shape index (κ2) is 6.20. The van der Waals surface area contributed by atoms with Crippen LogP contribution in [0.1, 0.15) is 38.4 Å². The average molecular weight is 356 g/mol. The van der Waals surface area contributed by atoms with Crippen LogP contribution < -0.4 is 10.7 Å². The van der Waals surface area contributed by atoms with Crippen molar-refractivity contribution in [2.75, 3.05) is 6.61 Å². The summed E-state index contributed by atoms with van der Waals surface area (Å²) in [5.74, 6) is 0.191. The highest BCUT2D eigenvalue weighted by atomic mass is 16.5. The fraction of sp³-hybridized carbons (Fsp3) is 0.444. The van der Waals surface area contributed by atoms with E-state index >= 15 is 0 Å². The molecular weight excluding hydrogens is 336 g/mol. The van der Waals surface area contributed by atoms with Crippen LogP contribution in [0.5, 0.6) is 0 Å². The Morgan fingerprint density at radius 1 is 1.54 bits per heavy atom. The Hall–Kier alpha value is -2.76. The molecule has 8 nitrogen and oxygen atoms in total. The van der Waals surface area contributed by atoms with Crippen molar-refractivity contribution in [1.29, 1.82) is 5.26 Å². The van der Waals surface area contributed by atoms with Gasteiger partial charge in [-0.15, -0.1) is 0 Å². The molecule has 1 unspecified atom stereocenters. The molecule has 1 aromatic rings. The molecule has 4 rings (SSSR count). The monoisotopic (exact) mass is 356 g/mol. The third-order valence-corrected chi connectivity index (χ3v) is 5.02. The van der Waals surface area contributed by atoms with E-state index in [4.69, 9.17) is 9.15 Å². The van der Waals surface area contributed by atoms with Crippen LogP contribution in [0.25, 0.3) is 5.57 Å². The molecule has 8 heteroatoms. The van der Waals surface area contributed by atoms with E-state index in [0.29, 0.717) is 11.6 Å². The number of nitrogens with one attached hydrogen (secondary N) is 2. The van der Waals surface area contributed by atoms with E-state index < -0.39 is 17.9 Å². The molecule has 0 amide bonds. The molecule has 3 N–H and O–H groups in total. The predicted octanol–water partition coefficient (Wildman–Crippen LogP) is 1.34. The van der Waals surface area contributed by atoms with Crippen molar-refractivity contribution in [2.24, 2.45) is 0 Å². The van der Waals surface area contributed by atoms with Gasteiger partial charge in [0.15, 0.2) is 6.23 Å². The fourth-order valence-electron chi connectivity index (χ4n) is 3.89. The van der Waals surface area contributed by atoms with Gasteiger partial charge in [0.25, 0.3) is 0 Å². The Balaban J connectivity index is 1.90. The lowest BCUT2D eigenvalue weighted by molar-refractivity contribution is -0.138. The molecular formula is C18H20N4O4. The van der Waals surface area contributed by atoms with Gasteiger partial charge < -0.3 is 19.6 Å². The minimum absolute atomic E-state index is 0.0381. The predicted molar refractivity (Wildman–Crippen MR) is 90.2 cm³/mol. The lowest BCUT2D eigenvalue weighted by atomic mass is 9.93. The number of rotatable bonds is 3. The minimum Gasteiger partial charge on any atom is -0.464 e. The maximum absolute atomic E-state index is 12.8. The summed E-state index contributed by atoms with van der Waals surface area (Å²) >= 11 is 0. The van der Waals surface area contributed by atoms with Crippen molar-refractivity contribution >= 4 is 11.5 Å². The largest absolute Gasteiger partial charge is 0.464 e. The van der Waals surface area contributed by atoms with Crippen LogP contribution in [0.4, 0.5) is 0 Å². The van der Waals surface area contributed by atoms with Crippen LogP contribution in [-0.4, -0.2) is 34.6 Å². The molecule has 136 valence electrons. The first kappa shape index (κ1) is 16.7. The normalized spacial score (nSPS) is 23.9. The number of carbonyl (C=O) groups excluding carboxylic acids is 1. The highest BCUT2D eigenvalue weighted by Crippen LogP contribution is 2.42. The standard InChI is InChI=1S/C18H20N4O4/c1-2-25-17(24)14-13(12-6-5-9-26-12)11(10-19)16(23)22-15(14)20-18(21-22)7-3-4-8-18/h5-6,9,16,20-21,23H,2-4,7-8H2,1H3. The van der Waals surface area contributed by atoms with Gasteiger partial charge in [-0.05, 0) is 44.7 Å². The number of fused-ring (bicyclic) bond motifs is 1. The lowest BCUT2D eigenvalue weighted by Crippen LogP contribution is -2.51. The van der Waals surface area contributed by atoms with Gasteiger partial charge in [-0.2, -0.15) is 5.26 Å². The van der Waals surface area contributed by atoms with Crippen LogP contribution in [0, 0.1) is 11.3 Å². The number of aliphatic hydroxyl groups is 1. The number of nitrogens with zero attached hydrogens (tertiary/aromatic N) is 2. The summed E-state index contributed by atoms with van der Waals surface area (Å²) < 4.78 is 10.7. The molecule has 1 aromatic heterocycles. The van der Waals surface area contributed by atoms with Crippen LogP contribution in [-0.2, 0) is 9.53 Å². The molecule has 1 spiro atoms. The minimum atomic E-state index is -1.24. The number of hydrazine groups is 1. The molecule has 2 fully saturated rings. The molecule has 0 bridgehead atoms. The zero-order valence-corrected chi connectivity index (χ0v) is 14.4. The summed E-state index contributed by atoms with van der Waals surface area (Å²) in [5.41, 5.74) is 3.34. The van der Waals surface area contributed by atoms with Crippen LogP contribution in [0.3, 0.4) is 0 Å². The van der Waals surface area contributed by atoms with Crippen molar-refractivity contribution in [3.8, 4) is 6.07 Å². The van der Waals surface area contributed by atoms with Gasteiger partial charge in [0.05, 0.1) is 24.0 Å². The van der Waals surface area contributed by atoms with Crippen molar-refractivity contribution in [1.82, 2.24) is 15.8 Å². The van der Waals surface area contributed by atoms with Gasteiger partial charge in [-0.1, -0.05) is 0 Å². The smallest absolute Gasteiger partial charge is 0.342 e. The molecule has 1 saturated carbocycles. The topological polar surface area (TPSA) is 111 Å². The third kappa shape index (κ3) is 2.40. The molecule has 1 saturated heterocycles. The zero-order chi connectivity index (χ0) is 18.3. The molecule has 1 aliphatic carbocycles. The summed E-state index contributed by atoms with van der Waals surface area (Å²) in [6.45, 7) is 1.92. The number of hydrogen-bond donors (Lipinski definition) is 3. The summed E-state index contributed by atoms with van der Waals surface area (Å²) in [6, 6.07) is 5.35. The molecule has 3 heterocycles. The Labute approximate surface area is 150 Å². The van der Waals surface area contributed by atoms with Crippen LogP contribution in [0.15, 0.2) is 39.8 Å². The van der Waals surface area contributed by atoms with Crippen molar-refractivity contribution in [2.45, 2.75) is 44.5 Å². The summed E-state index contributed by atoms with van der Waals surface area (Å²) in [5, 5.41) is 25.3. The van der Waals surface area contributed by atoms with Gasteiger partial charge in [0, 0.05) is 0 Å². The first-order valence-electron chi connectivity index (χ1n) is 8.73. The summed E-state index contributed by atoms with van der Waals surface area (Å²) in [6.07, 6.45) is 4.01. The molecule has 1 atom stereocenters. The van der Waals surface area contributed by atoms with Crippen LogP contribution >= 0.6 is 0 Å². The number of hydrogen-bond acceptors (Lipinski definition) is 8. The van der Waals surface area contributed by atoms with Crippen LogP contribution in [0.2, 0.25) is 0 Å². The maximum Gasteiger partial charge on any atom is 0.342 e. The summed E-state index contributed by atoms with van der Waals surface area (Å²) in [7, 11) is 0. The zero-order valence-electron chi connectivity index (χ0n) is 14.4. The molecule has 26 heavy (non-hydrogen) atoms. The summed E-state index contributed by atoms with van der Waals surface area (Å²) in [4.78, 5) is 12.8. The number of furan rings is 1. The number of ether oxygens (including phenoxy) is 1. The Morgan fingerprint density at radius 3 is 2.92 bits per heavy atom. The van der Waals surface area contributed by atoms with Gasteiger partial charge in [0.1, 0.15) is 28.9 Å². The Kier molecular flexibility index (Phi) is 3.98. The first-order valence-corrected chi connectivity index (χ1v) is 8.73. The number of esters is 1. The second-order valence-electron chi connectivity index (χ2n) is 6.59. The maximum atomic E-state index is 12.8. The highest BCUT2D eigenvalue weighted by Gasteiger charge is 2.50. The van der Waals surface area contributed by atoms with Gasteiger partial charge in [0.2, 0.25) is 0 Å². The van der Waals surface area contributed by atoms with E-state index in [1.165, 1.54) is 11.3 Å². The van der Waals surface area contributed by atoms with E-state index in [9.17, 15) is 15.2 Å². The van der Waals surface area contributed by atoms with Crippen molar-refractivity contribution < 1.29 is 19.1 Å². The third-order valence-electron chi connectivity index (χ3n) is 5.02. The number of nitriles is 1. The highest BCUT2D eigenvalue weighted by molar-refractivity contribution is 6.08. The number of carbonyl (C=O) groups is 1. The van der Waals surface area contributed by atoms with Crippen molar-refractivity contribution in [3.63, 3.8) is 0 Å². The van der Waals surface area contributed by atoms with E-state index in [2.05, 4.69) is 10.7 Å². The SMILES string of the molecule is CCOC(=O)C1=C2NC3(CCCC3)NN2C(O)C(C#N)=C1c1ccco1. The van der Waals surface area contributed by atoms with E-state index in [0.717, 1.165) is 25.7 Å². The quantitative estimate of drug-likeness (QED) is 0.696. The average Bonchev–Trinajstić information content (AvgIpc) is 3.36. The fourth-order valence-corrected chi connectivity index (χ4v) is 3.89. The van der Waals surface area contributed by atoms with Gasteiger partial charge in [-0.3, -0.25) is 5.01 Å². The van der Waals surface area contributed by atoms with Gasteiger partial charge in [-0.25, -0.2) is 10.2 Å². The molecule has 0 aromatic carbocycles. The first-order chi connectivity index (χ1) is 12.6. The van der Waals surface area contributed by atoms with E-state index in [1.807, 2.05) is 6.07 Å². The Morgan fingerprint density at radius 2 is 2.31 bits per heavy atom. The second-order valence-corrected chi connectivity index (χ2v) is 6.59. The molecule has 3 aliphatic rings. The molecule has 2 aliphatic heterocycles. The number of aliphatic hydroxyl groups excluding tert-OH is 1. The van der Waals surface area contributed by atoms with E-state index in [-0.39, 0.29) is 23.3 Å². The van der Waals surface area contributed by atoms with Gasteiger partial charge >= 0.3 is 5.97 Å². The Bertz CT molecular complexity index is 828. The van der Waals surface area contributed by atoms with E-state index in [1.54, 1.807) is 19.1 Å². The molecule has 0 radical (unpaired) electrons. The van der Waals surface area contributed by atoms with Crippen molar-refractivity contribution in [3.05, 3.63) is 41.1 Å². The lowest BCUT2D eigenvalue weighted by Gasteiger charge is -2.32.